The number of rotatable bonds is 3. The van der Waals surface area contributed by atoms with Crippen LogP contribution < -0.4 is 0 Å². The van der Waals surface area contributed by atoms with E-state index in [4.69, 9.17) is 16.7 Å². The molecule has 6 heteroatoms. The minimum absolute atomic E-state index is 0.317. The second-order valence-corrected chi connectivity index (χ2v) is 3.86. The van der Waals surface area contributed by atoms with Gasteiger partial charge in [-0.1, -0.05) is 18.5 Å². The Labute approximate surface area is 96.7 Å². The first-order valence-corrected chi connectivity index (χ1v) is 5.24. The number of pyridine rings is 1. The van der Waals surface area contributed by atoms with E-state index in [1.165, 1.54) is 4.52 Å². The van der Waals surface area contributed by atoms with Gasteiger partial charge in [-0.15, -0.1) is 0 Å². The smallest absolute Gasteiger partial charge is 0.314 e. The third kappa shape index (κ3) is 1.86. The molecule has 2 rings (SSSR count). The Morgan fingerprint density at radius 1 is 1.62 bits per heavy atom. The summed E-state index contributed by atoms with van der Waals surface area (Å²) in [7, 11) is 0. The average Bonchev–Trinajstić information content (AvgIpc) is 2.60. The molecule has 0 aliphatic rings. The van der Waals surface area contributed by atoms with Gasteiger partial charge in [0.25, 0.3) is 0 Å². The van der Waals surface area contributed by atoms with Crippen molar-refractivity contribution in [2.24, 2.45) is 0 Å². The van der Waals surface area contributed by atoms with E-state index in [1.54, 1.807) is 25.3 Å². The number of halogens is 1. The summed E-state index contributed by atoms with van der Waals surface area (Å²) in [5.41, 5.74) is 0.596. The third-order valence-electron chi connectivity index (χ3n) is 2.33. The van der Waals surface area contributed by atoms with Gasteiger partial charge in [0.1, 0.15) is 5.92 Å². The molecule has 0 saturated heterocycles. The minimum Gasteiger partial charge on any atom is -0.481 e. The minimum atomic E-state index is -0.912. The molecule has 16 heavy (non-hydrogen) atoms. The highest BCUT2D eigenvalue weighted by atomic mass is 35.5. The molecule has 1 atom stereocenters. The fourth-order valence-corrected chi connectivity index (χ4v) is 1.65. The number of hydrogen-bond acceptors (Lipinski definition) is 3. The lowest BCUT2D eigenvalue weighted by atomic mass is 10.1. The molecule has 0 spiro atoms. The van der Waals surface area contributed by atoms with Crippen LogP contribution in [0.2, 0.25) is 5.02 Å². The molecule has 2 aromatic rings. The first-order valence-electron chi connectivity index (χ1n) is 4.86. The molecule has 5 nitrogen and oxygen atoms in total. The van der Waals surface area contributed by atoms with Crippen molar-refractivity contribution in [2.75, 3.05) is 0 Å². The first kappa shape index (κ1) is 10.9. The second kappa shape index (κ2) is 4.09. The number of carbonyl (C=O) groups is 1. The van der Waals surface area contributed by atoms with Gasteiger partial charge in [-0.3, -0.25) is 4.79 Å². The number of nitrogens with zero attached hydrogens (tertiary/aromatic N) is 3. The molecule has 1 N–H and O–H groups in total. The molecule has 0 aliphatic heterocycles. The van der Waals surface area contributed by atoms with E-state index in [-0.39, 0.29) is 0 Å². The summed E-state index contributed by atoms with van der Waals surface area (Å²) in [5, 5.41) is 13.6. The fourth-order valence-electron chi connectivity index (χ4n) is 1.49. The summed E-state index contributed by atoms with van der Waals surface area (Å²) in [6.07, 6.45) is 2.06. The number of fused-ring (bicyclic) bond motifs is 1. The Morgan fingerprint density at radius 3 is 3.00 bits per heavy atom. The summed E-state index contributed by atoms with van der Waals surface area (Å²) in [6.45, 7) is 1.79. The highest BCUT2D eigenvalue weighted by molar-refractivity contribution is 6.30. The Morgan fingerprint density at radius 2 is 2.38 bits per heavy atom. The SMILES string of the molecule is CCC(C(=O)O)c1nc2ccc(Cl)cn2n1. The van der Waals surface area contributed by atoms with E-state index in [0.717, 1.165) is 0 Å². The van der Waals surface area contributed by atoms with E-state index in [2.05, 4.69) is 10.1 Å². The van der Waals surface area contributed by atoms with E-state index in [1.807, 2.05) is 0 Å². The van der Waals surface area contributed by atoms with Gasteiger partial charge in [0, 0.05) is 6.20 Å². The van der Waals surface area contributed by atoms with E-state index in [0.29, 0.717) is 22.9 Å². The van der Waals surface area contributed by atoms with Crippen molar-refractivity contribution in [2.45, 2.75) is 19.3 Å². The van der Waals surface area contributed by atoms with Crippen LogP contribution in [0.3, 0.4) is 0 Å². The fraction of sp³-hybridized carbons (Fsp3) is 0.300. The normalized spacial score (nSPS) is 12.9. The lowest BCUT2D eigenvalue weighted by molar-refractivity contribution is -0.139. The van der Waals surface area contributed by atoms with Gasteiger partial charge in [0.15, 0.2) is 11.5 Å². The average molecular weight is 240 g/mol. The summed E-state index contributed by atoms with van der Waals surface area (Å²) < 4.78 is 1.49. The zero-order valence-electron chi connectivity index (χ0n) is 8.59. The van der Waals surface area contributed by atoms with E-state index in [9.17, 15) is 4.79 Å². The highest BCUT2D eigenvalue weighted by Gasteiger charge is 2.22. The highest BCUT2D eigenvalue weighted by Crippen LogP contribution is 2.18. The molecule has 1 unspecified atom stereocenters. The topological polar surface area (TPSA) is 67.5 Å². The number of carboxylic acids is 1. The van der Waals surface area contributed by atoms with Crippen molar-refractivity contribution in [3.8, 4) is 0 Å². The molecular formula is C10H10ClN3O2. The quantitative estimate of drug-likeness (QED) is 0.889. The number of carboxylic acid groups (broad SMARTS) is 1. The van der Waals surface area contributed by atoms with Gasteiger partial charge in [-0.05, 0) is 18.6 Å². The van der Waals surface area contributed by atoms with Crippen LogP contribution in [0.25, 0.3) is 5.65 Å². The Kier molecular flexibility index (Phi) is 2.78. The lowest BCUT2D eigenvalue weighted by Crippen LogP contribution is -2.12. The molecule has 84 valence electrons. The maximum absolute atomic E-state index is 11.0. The molecule has 0 bridgehead atoms. The summed E-state index contributed by atoms with van der Waals surface area (Å²) in [6, 6.07) is 3.39. The van der Waals surface area contributed by atoms with Crippen molar-refractivity contribution in [3.63, 3.8) is 0 Å². The first-order chi connectivity index (χ1) is 7.61. The molecule has 0 fully saturated rings. The lowest BCUT2D eigenvalue weighted by Gasteiger charge is -2.02. The van der Waals surface area contributed by atoms with Crippen LogP contribution in [0.4, 0.5) is 0 Å². The Bertz CT molecular complexity index is 538. The van der Waals surface area contributed by atoms with E-state index < -0.39 is 11.9 Å². The van der Waals surface area contributed by atoms with Gasteiger partial charge >= 0.3 is 5.97 Å². The molecule has 2 aromatic heterocycles. The van der Waals surface area contributed by atoms with Gasteiger partial charge in [0.05, 0.1) is 5.02 Å². The van der Waals surface area contributed by atoms with Crippen LogP contribution in [0.15, 0.2) is 18.3 Å². The van der Waals surface area contributed by atoms with Crippen molar-refractivity contribution in [1.82, 2.24) is 14.6 Å². The van der Waals surface area contributed by atoms with E-state index >= 15 is 0 Å². The maximum atomic E-state index is 11.0. The maximum Gasteiger partial charge on any atom is 0.314 e. The molecule has 0 aliphatic carbocycles. The Balaban J connectivity index is 2.49. The molecule has 0 aromatic carbocycles. The van der Waals surface area contributed by atoms with Crippen LogP contribution in [0.5, 0.6) is 0 Å². The third-order valence-corrected chi connectivity index (χ3v) is 2.55. The van der Waals surface area contributed by atoms with Crippen LogP contribution in [-0.2, 0) is 4.79 Å². The number of hydrogen-bond donors (Lipinski definition) is 1. The van der Waals surface area contributed by atoms with Gasteiger partial charge in [-0.25, -0.2) is 9.50 Å². The molecule has 0 radical (unpaired) electrons. The predicted molar refractivity (Wildman–Crippen MR) is 58.7 cm³/mol. The zero-order valence-corrected chi connectivity index (χ0v) is 9.35. The number of aromatic nitrogens is 3. The van der Waals surface area contributed by atoms with Crippen molar-refractivity contribution in [3.05, 3.63) is 29.2 Å². The second-order valence-electron chi connectivity index (χ2n) is 3.42. The molecular weight excluding hydrogens is 230 g/mol. The van der Waals surface area contributed by atoms with Crippen LogP contribution in [0, 0.1) is 0 Å². The van der Waals surface area contributed by atoms with Gasteiger partial charge in [-0.2, -0.15) is 5.10 Å². The van der Waals surface area contributed by atoms with Gasteiger partial charge in [0.2, 0.25) is 0 Å². The van der Waals surface area contributed by atoms with Gasteiger partial charge < -0.3 is 5.11 Å². The number of aliphatic carboxylic acids is 1. The standard InChI is InChI=1S/C10H10ClN3O2/c1-2-7(10(15)16)9-12-8-4-3-6(11)5-14(8)13-9/h3-5,7H,2H2,1H3,(H,15,16). The Hall–Kier alpha value is -1.62. The van der Waals surface area contributed by atoms with Crippen molar-refractivity contribution >= 4 is 23.2 Å². The van der Waals surface area contributed by atoms with Crippen LogP contribution in [-0.4, -0.2) is 25.7 Å². The zero-order chi connectivity index (χ0) is 11.7. The van der Waals surface area contributed by atoms with Crippen molar-refractivity contribution in [1.29, 1.82) is 0 Å². The van der Waals surface area contributed by atoms with Crippen LogP contribution >= 0.6 is 11.6 Å². The summed E-state index contributed by atoms with van der Waals surface area (Å²) in [5.74, 6) is -1.26. The largest absolute Gasteiger partial charge is 0.481 e. The van der Waals surface area contributed by atoms with Crippen LogP contribution in [0.1, 0.15) is 25.1 Å². The predicted octanol–water partition coefficient (Wildman–Crippen LogP) is 1.96. The molecule has 2 heterocycles. The summed E-state index contributed by atoms with van der Waals surface area (Å²) in [4.78, 5) is 15.1. The van der Waals surface area contributed by atoms with Crippen molar-refractivity contribution < 1.29 is 9.90 Å². The monoisotopic (exact) mass is 239 g/mol. The molecule has 0 saturated carbocycles. The molecule has 0 amide bonds. The summed E-state index contributed by atoms with van der Waals surface area (Å²) >= 11 is 5.80.